The summed E-state index contributed by atoms with van der Waals surface area (Å²) in [6.07, 6.45) is 14.5. The number of hydrogen-bond acceptors (Lipinski definition) is 8. The summed E-state index contributed by atoms with van der Waals surface area (Å²) in [6.45, 7) is 1.50. The summed E-state index contributed by atoms with van der Waals surface area (Å²) in [5.41, 5.74) is 0. The summed E-state index contributed by atoms with van der Waals surface area (Å²) in [5.74, 6) is -0.915. The Morgan fingerprint density at radius 1 is 0.676 bits per heavy atom. The molecule has 1 amide bonds. The SMILES string of the molecule is CCCCCCCCCCCCCCCCCCCCNC(=O)[C@H](O)[C@@H](O)[C@H](O)[C@H](O)COS(=O)(=O)O. The van der Waals surface area contributed by atoms with Gasteiger partial charge in [-0.1, -0.05) is 116 Å². The Balaban J connectivity index is 3.60. The minimum atomic E-state index is -4.85. The molecule has 0 aromatic carbocycles. The van der Waals surface area contributed by atoms with E-state index in [9.17, 15) is 33.6 Å². The van der Waals surface area contributed by atoms with E-state index in [2.05, 4.69) is 16.4 Å². The Hall–Kier alpha value is -0.820. The van der Waals surface area contributed by atoms with Gasteiger partial charge in [-0.05, 0) is 6.42 Å². The highest BCUT2D eigenvalue weighted by Gasteiger charge is 2.34. The van der Waals surface area contributed by atoms with E-state index < -0.39 is 47.3 Å². The first-order valence-electron chi connectivity index (χ1n) is 14.2. The molecule has 0 rings (SSSR count). The topological polar surface area (TPSA) is 174 Å². The average molecular weight is 556 g/mol. The predicted molar refractivity (Wildman–Crippen MR) is 143 cm³/mol. The van der Waals surface area contributed by atoms with Crippen LogP contribution in [-0.2, 0) is 19.4 Å². The van der Waals surface area contributed by atoms with Crippen LogP contribution in [0.15, 0.2) is 0 Å². The first-order valence-corrected chi connectivity index (χ1v) is 15.6. The summed E-state index contributed by atoms with van der Waals surface area (Å²) in [7, 11) is -4.85. The van der Waals surface area contributed by atoms with Crippen LogP contribution in [-0.4, -0.2) is 76.9 Å². The van der Waals surface area contributed by atoms with Crippen molar-refractivity contribution in [2.24, 2.45) is 0 Å². The first-order chi connectivity index (χ1) is 17.6. The zero-order valence-corrected chi connectivity index (χ0v) is 23.5. The van der Waals surface area contributed by atoms with Crippen molar-refractivity contribution in [3.63, 3.8) is 0 Å². The predicted octanol–water partition coefficient (Wildman–Crippen LogP) is 3.41. The van der Waals surface area contributed by atoms with Crippen LogP contribution < -0.4 is 5.32 Å². The van der Waals surface area contributed by atoms with E-state index in [1.165, 1.54) is 89.9 Å². The standard InChI is InChI=1S/C26H53NO9S/c1-2-3-4-5-6-7-8-9-10-11-12-13-14-15-16-17-18-19-20-27-26(32)25(31)24(30)23(29)22(28)21-36-37(33,34)35/h22-25,28-31H,2-21H2,1H3,(H,27,32)(H,33,34,35)/t22-,23-,24+,25-/m1/s1. The van der Waals surface area contributed by atoms with Crippen molar-refractivity contribution in [2.75, 3.05) is 13.2 Å². The summed E-state index contributed by atoms with van der Waals surface area (Å²) >= 11 is 0. The molecule has 10 nitrogen and oxygen atoms in total. The van der Waals surface area contributed by atoms with Crippen LogP contribution in [0.5, 0.6) is 0 Å². The van der Waals surface area contributed by atoms with Crippen LogP contribution in [0.1, 0.15) is 122 Å². The van der Waals surface area contributed by atoms with Gasteiger partial charge in [0, 0.05) is 6.54 Å². The third-order valence-corrected chi connectivity index (χ3v) is 6.99. The molecule has 11 heteroatoms. The molecule has 0 saturated carbocycles. The Labute approximate surface area is 224 Å². The van der Waals surface area contributed by atoms with Gasteiger partial charge in [-0.15, -0.1) is 0 Å². The van der Waals surface area contributed by atoms with Gasteiger partial charge in [0.15, 0.2) is 6.10 Å². The maximum atomic E-state index is 11.9. The lowest BCUT2D eigenvalue weighted by molar-refractivity contribution is -0.148. The Kier molecular flexibility index (Phi) is 22.6. The molecule has 0 saturated heterocycles. The quantitative estimate of drug-likeness (QED) is 0.0690. The summed E-state index contributed by atoms with van der Waals surface area (Å²) in [5, 5.41) is 41.4. The molecule has 6 N–H and O–H groups in total. The Morgan fingerprint density at radius 2 is 1.05 bits per heavy atom. The van der Waals surface area contributed by atoms with Crippen LogP contribution in [0.3, 0.4) is 0 Å². The molecule has 0 aliphatic carbocycles. The molecular formula is C26H53NO9S. The molecule has 222 valence electrons. The Morgan fingerprint density at radius 3 is 1.43 bits per heavy atom. The number of amides is 1. The lowest BCUT2D eigenvalue weighted by atomic mass is 10.0. The van der Waals surface area contributed by atoms with Gasteiger partial charge in [-0.25, -0.2) is 4.18 Å². The van der Waals surface area contributed by atoms with Crippen molar-refractivity contribution >= 4 is 16.3 Å². The maximum Gasteiger partial charge on any atom is 0.397 e. The number of unbranched alkanes of at least 4 members (excludes halogenated alkanes) is 17. The summed E-state index contributed by atoms with van der Waals surface area (Å²) < 4.78 is 33.3. The van der Waals surface area contributed by atoms with E-state index in [4.69, 9.17) is 4.55 Å². The second kappa shape index (κ2) is 23.1. The normalized spacial score (nSPS) is 15.3. The molecular weight excluding hydrogens is 502 g/mol. The zero-order chi connectivity index (χ0) is 27.9. The minimum Gasteiger partial charge on any atom is -0.388 e. The fraction of sp³-hybridized carbons (Fsp3) is 0.962. The van der Waals surface area contributed by atoms with Gasteiger partial charge in [0.1, 0.15) is 18.3 Å². The highest BCUT2D eigenvalue weighted by atomic mass is 32.3. The van der Waals surface area contributed by atoms with Gasteiger partial charge in [0.05, 0.1) is 6.61 Å². The number of carbonyl (C=O) groups is 1. The van der Waals surface area contributed by atoms with Crippen LogP contribution in [0.25, 0.3) is 0 Å². The number of aliphatic hydroxyl groups excluding tert-OH is 4. The van der Waals surface area contributed by atoms with Crippen molar-refractivity contribution in [2.45, 2.75) is 147 Å². The number of nitrogens with one attached hydrogen (secondary N) is 1. The lowest BCUT2D eigenvalue weighted by Crippen LogP contribution is -2.52. The van der Waals surface area contributed by atoms with Crippen LogP contribution in [0.2, 0.25) is 0 Å². The summed E-state index contributed by atoms with van der Waals surface area (Å²) in [4.78, 5) is 11.9. The van der Waals surface area contributed by atoms with Gasteiger partial charge in [-0.3, -0.25) is 9.35 Å². The van der Waals surface area contributed by atoms with Gasteiger partial charge in [0.2, 0.25) is 0 Å². The highest BCUT2D eigenvalue weighted by molar-refractivity contribution is 7.80. The maximum absolute atomic E-state index is 11.9. The number of hydrogen-bond donors (Lipinski definition) is 6. The lowest BCUT2D eigenvalue weighted by Gasteiger charge is -2.25. The number of aliphatic hydroxyl groups is 4. The molecule has 0 fully saturated rings. The molecule has 0 aliphatic rings. The van der Waals surface area contributed by atoms with Gasteiger partial charge in [-0.2, -0.15) is 8.42 Å². The number of carbonyl (C=O) groups excluding carboxylic acids is 1. The van der Waals surface area contributed by atoms with E-state index in [1.807, 2.05) is 0 Å². The largest absolute Gasteiger partial charge is 0.397 e. The summed E-state index contributed by atoms with van der Waals surface area (Å²) in [6, 6.07) is 0. The molecule has 37 heavy (non-hydrogen) atoms. The molecule has 0 aliphatic heterocycles. The van der Waals surface area contributed by atoms with Crippen LogP contribution in [0.4, 0.5) is 0 Å². The van der Waals surface area contributed by atoms with Crippen LogP contribution in [0, 0.1) is 0 Å². The van der Waals surface area contributed by atoms with Crippen molar-refractivity contribution in [3.05, 3.63) is 0 Å². The van der Waals surface area contributed by atoms with Crippen molar-refractivity contribution in [1.82, 2.24) is 5.32 Å². The molecule has 0 unspecified atom stereocenters. The Bertz CT molecular complexity index is 648. The fourth-order valence-corrected chi connectivity index (χ4v) is 4.48. The van der Waals surface area contributed by atoms with Crippen molar-refractivity contribution in [3.8, 4) is 0 Å². The van der Waals surface area contributed by atoms with E-state index in [0.717, 1.165) is 19.3 Å². The van der Waals surface area contributed by atoms with E-state index in [0.29, 0.717) is 13.0 Å². The smallest absolute Gasteiger partial charge is 0.388 e. The van der Waals surface area contributed by atoms with Crippen LogP contribution >= 0.6 is 0 Å². The third-order valence-electron chi connectivity index (χ3n) is 6.55. The second-order valence-corrected chi connectivity index (χ2v) is 11.1. The highest BCUT2D eigenvalue weighted by Crippen LogP contribution is 2.14. The minimum absolute atomic E-state index is 0.297. The number of rotatable bonds is 26. The molecule has 0 bridgehead atoms. The van der Waals surface area contributed by atoms with Gasteiger partial charge in [0.25, 0.3) is 5.91 Å². The third kappa shape index (κ3) is 21.8. The van der Waals surface area contributed by atoms with E-state index >= 15 is 0 Å². The van der Waals surface area contributed by atoms with E-state index in [-0.39, 0.29) is 0 Å². The van der Waals surface area contributed by atoms with Gasteiger partial charge < -0.3 is 25.7 Å². The van der Waals surface area contributed by atoms with Crippen molar-refractivity contribution < 1.29 is 42.4 Å². The molecule has 0 spiro atoms. The van der Waals surface area contributed by atoms with Crippen molar-refractivity contribution in [1.29, 1.82) is 0 Å². The molecule has 0 aromatic heterocycles. The molecule has 0 radical (unpaired) electrons. The molecule has 0 aromatic rings. The monoisotopic (exact) mass is 555 g/mol. The average Bonchev–Trinajstić information content (AvgIpc) is 2.86. The fourth-order valence-electron chi connectivity index (χ4n) is 4.17. The van der Waals surface area contributed by atoms with E-state index in [1.54, 1.807) is 0 Å². The molecule has 0 heterocycles. The second-order valence-electron chi connectivity index (χ2n) is 10.0. The van der Waals surface area contributed by atoms with Gasteiger partial charge >= 0.3 is 10.4 Å². The molecule has 4 atom stereocenters. The zero-order valence-electron chi connectivity index (χ0n) is 22.7. The first kappa shape index (κ1) is 36.2.